The van der Waals surface area contributed by atoms with Gasteiger partial charge in [0, 0.05) is 12.8 Å². The highest BCUT2D eigenvalue weighted by atomic mass is 16.5. The van der Waals surface area contributed by atoms with Crippen molar-refractivity contribution in [2.24, 2.45) is 0 Å². The van der Waals surface area contributed by atoms with E-state index >= 15 is 0 Å². The fourth-order valence-corrected chi connectivity index (χ4v) is 1.18. The number of rotatable bonds is 7. The van der Waals surface area contributed by atoms with Crippen LogP contribution >= 0.6 is 0 Å². The van der Waals surface area contributed by atoms with Crippen LogP contribution in [0.4, 0.5) is 5.69 Å². The fraction of sp³-hybridized carbons (Fsp3) is 0.700. The molecule has 5 heteroatoms. The SMILES string of the molecule is CCOCC(C)OCCn1cc(N)cn1. The number of hydrogen-bond acceptors (Lipinski definition) is 4. The van der Waals surface area contributed by atoms with E-state index in [1.165, 1.54) is 0 Å². The van der Waals surface area contributed by atoms with Crippen molar-refractivity contribution in [1.29, 1.82) is 0 Å². The molecule has 0 spiro atoms. The van der Waals surface area contributed by atoms with Gasteiger partial charge in [-0.2, -0.15) is 5.10 Å². The zero-order valence-corrected chi connectivity index (χ0v) is 9.35. The number of aromatic nitrogens is 2. The highest BCUT2D eigenvalue weighted by Gasteiger charge is 2.01. The van der Waals surface area contributed by atoms with Crippen molar-refractivity contribution in [1.82, 2.24) is 9.78 Å². The molecule has 0 saturated carbocycles. The van der Waals surface area contributed by atoms with Gasteiger partial charge in [0.2, 0.25) is 0 Å². The lowest BCUT2D eigenvalue weighted by Gasteiger charge is -2.12. The summed E-state index contributed by atoms with van der Waals surface area (Å²) >= 11 is 0. The molecular formula is C10H19N3O2. The maximum Gasteiger partial charge on any atom is 0.0781 e. The summed E-state index contributed by atoms with van der Waals surface area (Å²) < 4.78 is 12.5. The third-order valence-corrected chi connectivity index (χ3v) is 1.93. The molecule has 86 valence electrons. The summed E-state index contributed by atoms with van der Waals surface area (Å²) in [5.74, 6) is 0. The molecule has 1 rings (SSSR count). The minimum Gasteiger partial charge on any atom is -0.396 e. The van der Waals surface area contributed by atoms with E-state index in [0.29, 0.717) is 25.4 Å². The maximum absolute atomic E-state index is 5.53. The average Bonchev–Trinajstić information content (AvgIpc) is 2.61. The molecule has 5 nitrogen and oxygen atoms in total. The minimum absolute atomic E-state index is 0.123. The van der Waals surface area contributed by atoms with Crippen LogP contribution in [0.25, 0.3) is 0 Å². The first-order chi connectivity index (χ1) is 7.22. The molecule has 0 radical (unpaired) electrons. The molecule has 0 aromatic carbocycles. The lowest BCUT2D eigenvalue weighted by Crippen LogP contribution is -2.18. The molecule has 1 atom stereocenters. The van der Waals surface area contributed by atoms with Crippen LogP contribution in [0.5, 0.6) is 0 Å². The Morgan fingerprint density at radius 1 is 1.60 bits per heavy atom. The van der Waals surface area contributed by atoms with Crippen LogP contribution in [0.2, 0.25) is 0 Å². The second-order valence-corrected chi connectivity index (χ2v) is 3.38. The zero-order valence-electron chi connectivity index (χ0n) is 9.35. The van der Waals surface area contributed by atoms with Crippen molar-refractivity contribution < 1.29 is 9.47 Å². The largest absolute Gasteiger partial charge is 0.396 e. The molecule has 0 amide bonds. The van der Waals surface area contributed by atoms with Crippen LogP contribution in [0.1, 0.15) is 13.8 Å². The first-order valence-electron chi connectivity index (χ1n) is 5.19. The Bertz CT molecular complexity index is 275. The molecule has 0 saturated heterocycles. The summed E-state index contributed by atoms with van der Waals surface area (Å²) in [6.07, 6.45) is 3.54. The molecular weight excluding hydrogens is 194 g/mol. The van der Waals surface area contributed by atoms with Gasteiger partial charge in [0.25, 0.3) is 0 Å². The van der Waals surface area contributed by atoms with Gasteiger partial charge in [-0.15, -0.1) is 0 Å². The van der Waals surface area contributed by atoms with E-state index in [1.54, 1.807) is 17.1 Å². The van der Waals surface area contributed by atoms with Crippen molar-refractivity contribution in [3.05, 3.63) is 12.4 Å². The highest BCUT2D eigenvalue weighted by molar-refractivity contribution is 5.30. The maximum atomic E-state index is 5.53. The Morgan fingerprint density at radius 2 is 2.40 bits per heavy atom. The number of nitrogens with two attached hydrogens (primary N) is 1. The second-order valence-electron chi connectivity index (χ2n) is 3.38. The van der Waals surface area contributed by atoms with E-state index in [0.717, 1.165) is 6.61 Å². The first-order valence-corrected chi connectivity index (χ1v) is 5.19. The van der Waals surface area contributed by atoms with Crippen LogP contribution < -0.4 is 5.73 Å². The predicted molar refractivity (Wildman–Crippen MR) is 58.5 cm³/mol. The van der Waals surface area contributed by atoms with Crippen LogP contribution in [0.15, 0.2) is 12.4 Å². The molecule has 0 fully saturated rings. The minimum atomic E-state index is 0.123. The third kappa shape index (κ3) is 4.80. The van der Waals surface area contributed by atoms with Gasteiger partial charge in [-0.1, -0.05) is 0 Å². The highest BCUT2D eigenvalue weighted by Crippen LogP contribution is 1.98. The lowest BCUT2D eigenvalue weighted by atomic mass is 10.4. The van der Waals surface area contributed by atoms with Crippen LogP contribution in [-0.4, -0.2) is 35.7 Å². The van der Waals surface area contributed by atoms with Crippen LogP contribution in [0, 0.1) is 0 Å². The summed E-state index contributed by atoms with van der Waals surface area (Å²) in [6.45, 7) is 6.66. The van der Waals surface area contributed by atoms with E-state index in [1.807, 2.05) is 13.8 Å². The topological polar surface area (TPSA) is 62.3 Å². The molecule has 1 heterocycles. The van der Waals surface area contributed by atoms with E-state index in [9.17, 15) is 0 Å². The molecule has 15 heavy (non-hydrogen) atoms. The van der Waals surface area contributed by atoms with E-state index in [-0.39, 0.29) is 6.10 Å². The summed E-state index contributed by atoms with van der Waals surface area (Å²) in [6, 6.07) is 0. The summed E-state index contributed by atoms with van der Waals surface area (Å²) in [7, 11) is 0. The summed E-state index contributed by atoms with van der Waals surface area (Å²) in [4.78, 5) is 0. The Labute approximate surface area is 90.2 Å². The molecule has 0 aliphatic rings. The second kappa shape index (κ2) is 6.42. The quantitative estimate of drug-likeness (QED) is 0.731. The molecule has 0 aliphatic carbocycles. The Balaban J connectivity index is 2.10. The van der Waals surface area contributed by atoms with Crippen LogP contribution in [0.3, 0.4) is 0 Å². The fourth-order valence-electron chi connectivity index (χ4n) is 1.18. The van der Waals surface area contributed by atoms with Gasteiger partial charge in [0.15, 0.2) is 0 Å². The van der Waals surface area contributed by atoms with Gasteiger partial charge in [-0.05, 0) is 13.8 Å². The normalized spacial score (nSPS) is 12.9. The smallest absolute Gasteiger partial charge is 0.0781 e. The van der Waals surface area contributed by atoms with Crippen molar-refractivity contribution in [2.75, 3.05) is 25.6 Å². The molecule has 0 aliphatic heterocycles. The number of hydrogen-bond donors (Lipinski definition) is 1. The number of ether oxygens (including phenoxy) is 2. The number of nitrogens with zero attached hydrogens (tertiary/aromatic N) is 2. The molecule has 1 aromatic heterocycles. The van der Waals surface area contributed by atoms with Crippen molar-refractivity contribution in [2.45, 2.75) is 26.5 Å². The molecule has 0 bridgehead atoms. The van der Waals surface area contributed by atoms with Gasteiger partial charge < -0.3 is 15.2 Å². The average molecular weight is 213 g/mol. The number of nitrogen functional groups attached to an aromatic ring is 1. The first kappa shape index (κ1) is 12.0. The third-order valence-electron chi connectivity index (χ3n) is 1.93. The van der Waals surface area contributed by atoms with Crippen LogP contribution in [-0.2, 0) is 16.0 Å². The summed E-state index contributed by atoms with van der Waals surface area (Å²) in [5, 5.41) is 4.06. The predicted octanol–water partition coefficient (Wildman–Crippen LogP) is 0.907. The van der Waals surface area contributed by atoms with Crippen molar-refractivity contribution >= 4 is 5.69 Å². The van der Waals surface area contributed by atoms with E-state index in [4.69, 9.17) is 15.2 Å². The Kier molecular flexibility index (Phi) is 5.14. The standard InChI is InChI=1S/C10H19N3O2/c1-3-14-8-9(2)15-5-4-13-7-10(11)6-12-13/h6-7,9H,3-5,8,11H2,1-2H3. The van der Waals surface area contributed by atoms with Crippen molar-refractivity contribution in [3.8, 4) is 0 Å². The van der Waals surface area contributed by atoms with Gasteiger partial charge in [0.1, 0.15) is 0 Å². The van der Waals surface area contributed by atoms with Crippen molar-refractivity contribution in [3.63, 3.8) is 0 Å². The Morgan fingerprint density at radius 3 is 3.00 bits per heavy atom. The van der Waals surface area contributed by atoms with Gasteiger partial charge in [-0.25, -0.2) is 0 Å². The zero-order chi connectivity index (χ0) is 11.1. The van der Waals surface area contributed by atoms with E-state index in [2.05, 4.69) is 5.10 Å². The van der Waals surface area contributed by atoms with Gasteiger partial charge in [-0.3, -0.25) is 4.68 Å². The van der Waals surface area contributed by atoms with Gasteiger partial charge in [0.05, 0.1) is 37.7 Å². The number of anilines is 1. The lowest BCUT2D eigenvalue weighted by molar-refractivity contribution is -0.00677. The summed E-state index contributed by atoms with van der Waals surface area (Å²) in [5.41, 5.74) is 6.21. The van der Waals surface area contributed by atoms with Gasteiger partial charge >= 0.3 is 0 Å². The molecule has 2 N–H and O–H groups in total. The monoisotopic (exact) mass is 213 g/mol. The molecule has 1 unspecified atom stereocenters. The Hall–Kier alpha value is -1.07. The molecule has 1 aromatic rings. The van der Waals surface area contributed by atoms with E-state index < -0.39 is 0 Å².